The Balaban J connectivity index is 1.78. The van der Waals surface area contributed by atoms with E-state index in [1.807, 2.05) is 24.3 Å². The van der Waals surface area contributed by atoms with Gasteiger partial charge in [0.15, 0.2) is 10.7 Å². The van der Waals surface area contributed by atoms with Gasteiger partial charge in [-0.3, -0.25) is 4.72 Å². The van der Waals surface area contributed by atoms with E-state index in [9.17, 15) is 8.42 Å². The third-order valence-electron chi connectivity index (χ3n) is 3.62. The minimum Gasteiger partial charge on any atom is -0.495 e. The second kappa shape index (κ2) is 7.04. The van der Waals surface area contributed by atoms with Crippen LogP contribution in [0.2, 0.25) is 0 Å². The molecule has 0 amide bonds. The lowest BCUT2D eigenvalue weighted by Gasteiger charge is -2.11. The number of nitrogens with zero attached hydrogens (tertiary/aromatic N) is 2. The van der Waals surface area contributed by atoms with Gasteiger partial charge in [0.25, 0.3) is 10.0 Å². The molecule has 0 spiro atoms. The average molecular weight is 374 g/mol. The van der Waals surface area contributed by atoms with E-state index in [2.05, 4.69) is 20.2 Å². The van der Waals surface area contributed by atoms with Crippen molar-refractivity contribution in [2.75, 3.05) is 17.1 Å². The summed E-state index contributed by atoms with van der Waals surface area (Å²) in [7, 11) is -2.22. The van der Waals surface area contributed by atoms with Crippen molar-refractivity contribution in [2.45, 2.75) is 18.7 Å². The van der Waals surface area contributed by atoms with Crippen molar-refractivity contribution in [3.8, 4) is 5.75 Å². The maximum atomic E-state index is 12.5. The number of benzene rings is 1. The number of sulfonamides is 1. The number of rotatable bonds is 6. The summed E-state index contributed by atoms with van der Waals surface area (Å²) in [5.41, 5.74) is 1.39. The summed E-state index contributed by atoms with van der Waals surface area (Å²) >= 11 is 0. The van der Waals surface area contributed by atoms with E-state index in [-0.39, 0.29) is 10.7 Å². The first-order valence-corrected chi connectivity index (χ1v) is 9.21. The second-order valence-electron chi connectivity index (χ2n) is 5.52. The summed E-state index contributed by atoms with van der Waals surface area (Å²) in [5.74, 6) is 1.46. The number of pyridine rings is 1. The van der Waals surface area contributed by atoms with Gasteiger partial charge in [-0.2, -0.15) is 0 Å². The highest BCUT2D eigenvalue weighted by atomic mass is 32.2. The lowest BCUT2D eigenvalue weighted by Crippen LogP contribution is -2.14. The highest BCUT2D eigenvalue weighted by molar-refractivity contribution is 7.92. The van der Waals surface area contributed by atoms with Gasteiger partial charge in [0.1, 0.15) is 17.3 Å². The number of hydrogen-bond acceptors (Lipinski definition) is 7. The molecule has 0 radical (unpaired) electrons. The number of hydrogen-bond donors (Lipinski definition) is 2. The van der Waals surface area contributed by atoms with Crippen molar-refractivity contribution in [2.24, 2.45) is 0 Å². The van der Waals surface area contributed by atoms with Crippen molar-refractivity contribution < 1.29 is 17.7 Å². The molecular formula is C17H18N4O4S. The molecule has 0 aliphatic heterocycles. The number of anilines is 3. The van der Waals surface area contributed by atoms with Crippen LogP contribution < -0.4 is 14.8 Å². The smallest absolute Gasteiger partial charge is 0.267 e. The molecule has 3 aromatic rings. The van der Waals surface area contributed by atoms with Crippen molar-refractivity contribution in [3.63, 3.8) is 0 Å². The molecule has 0 bridgehead atoms. The molecule has 0 atom stereocenters. The van der Waals surface area contributed by atoms with Crippen LogP contribution in [0.3, 0.4) is 0 Å². The Kier molecular flexibility index (Phi) is 4.81. The molecule has 0 fully saturated rings. The molecule has 2 heterocycles. The summed E-state index contributed by atoms with van der Waals surface area (Å²) in [5, 5.41) is 6.79. The second-order valence-corrected chi connectivity index (χ2v) is 7.14. The first-order chi connectivity index (χ1) is 12.4. The van der Waals surface area contributed by atoms with Gasteiger partial charge in [-0.1, -0.05) is 17.3 Å². The minimum absolute atomic E-state index is 0.0359. The Morgan fingerprint density at radius 1 is 1.12 bits per heavy atom. The highest BCUT2D eigenvalue weighted by Crippen LogP contribution is 2.27. The Labute approximate surface area is 151 Å². The van der Waals surface area contributed by atoms with Crippen LogP contribution in [0.4, 0.5) is 17.2 Å². The zero-order valence-electron chi connectivity index (χ0n) is 14.5. The Morgan fingerprint density at radius 2 is 1.88 bits per heavy atom. The zero-order valence-corrected chi connectivity index (χ0v) is 15.3. The first-order valence-electron chi connectivity index (χ1n) is 7.72. The molecule has 0 saturated carbocycles. The molecule has 8 nitrogen and oxygen atoms in total. The van der Waals surface area contributed by atoms with Gasteiger partial charge in [-0.25, -0.2) is 13.4 Å². The molecule has 1 aromatic carbocycles. The minimum atomic E-state index is -3.80. The maximum absolute atomic E-state index is 12.5. The Bertz CT molecular complexity index is 994. The van der Waals surface area contributed by atoms with Crippen molar-refractivity contribution in [3.05, 3.63) is 54.0 Å². The number of ether oxygens (including phenoxy) is 1. The number of methoxy groups -OCH3 is 1. The number of nitrogens with one attached hydrogen (secondary N) is 2. The first kappa shape index (κ1) is 17.7. The molecule has 0 saturated heterocycles. The fourth-order valence-electron chi connectivity index (χ4n) is 2.48. The molecular weight excluding hydrogens is 356 g/mol. The summed E-state index contributed by atoms with van der Waals surface area (Å²) in [4.78, 5) is 4.26. The molecule has 136 valence electrons. The van der Waals surface area contributed by atoms with E-state index in [4.69, 9.17) is 9.26 Å². The fraction of sp³-hybridized carbons (Fsp3) is 0.176. The normalized spacial score (nSPS) is 11.2. The van der Waals surface area contributed by atoms with Gasteiger partial charge in [-0.15, -0.1) is 0 Å². The number of para-hydroxylation sites is 2. The van der Waals surface area contributed by atoms with Crippen LogP contribution >= 0.6 is 0 Å². The molecule has 2 N–H and O–H groups in total. The van der Waals surface area contributed by atoms with Crippen LogP contribution in [-0.4, -0.2) is 25.7 Å². The lowest BCUT2D eigenvalue weighted by molar-refractivity contribution is 0.390. The highest BCUT2D eigenvalue weighted by Gasteiger charge is 2.24. The van der Waals surface area contributed by atoms with Crippen LogP contribution in [-0.2, 0) is 10.0 Å². The molecule has 0 unspecified atom stereocenters. The SMILES string of the molecule is COc1ccccc1Nc1ccc(NS(=O)(=O)c2c(C)noc2C)cn1. The van der Waals surface area contributed by atoms with Gasteiger partial charge in [-0.05, 0) is 38.1 Å². The Morgan fingerprint density at radius 3 is 2.50 bits per heavy atom. The van der Waals surface area contributed by atoms with E-state index in [0.29, 0.717) is 22.9 Å². The zero-order chi connectivity index (χ0) is 18.7. The number of aryl methyl sites for hydroxylation is 2. The van der Waals surface area contributed by atoms with Crippen LogP contribution in [0.5, 0.6) is 5.75 Å². The molecule has 2 aromatic heterocycles. The number of aromatic nitrogens is 2. The summed E-state index contributed by atoms with van der Waals surface area (Å²) in [6.45, 7) is 3.12. The quantitative estimate of drug-likeness (QED) is 0.682. The van der Waals surface area contributed by atoms with Crippen LogP contribution in [0.1, 0.15) is 11.5 Å². The predicted molar refractivity (Wildman–Crippen MR) is 97.3 cm³/mol. The summed E-state index contributed by atoms with van der Waals surface area (Å²) in [6.07, 6.45) is 1.42. The monoisotopic (exact) mass is 374 g/mol. The molecule has 3 rings (SSSR count). The summed E-state index contributed by atoms with van der Waals surface area (Å²) < 4.78 is 37.7. The van der Waals surface area contributed by atoms with E-state index < -0.39 is 10.0 Å². The predicted octanol–water partition coefficient (Wildman–Crippen LogP) is 3.24. The van der Waals surface area contributed by atoms with Crippen molar-refractivity contribution >= 4 is 27.2 Å². The standard InChI is InChI=1S/C17H18N4O4S/c1-11-17(12(2)25-20-11)26(22,23)21-13-8-9-16(18-10-13)19-14-6-4-5-7-15(14)24-3/h4-10,21H,1-3H3,(H,18,19). The van der Waals surface area contributed by atoms with Crippen molar-refractivity contribution in [1.29, 1.82) is 0 Å². The van der Waals surface area contributed by atoms with Gasteiger partial charge in [0.05, 0.1) is 24.7 Å². The van der Waals surface area contributed by atoms with E-state index >= 15 is 0 Å². The van der Waals surface area contributed by atoms with E-state index in [0.717, 1.165) is 5.69 Å². The lowest BCUT2D eigenvalue weighted by atomic mass is 10.3. The maximum Gasteiger partial charge on any atom is 0.267 e. The third-order valence-corrected chi connectivity index (χ3v) is 5.25. The summed E-state index contributed by atoms with van der Waals surface area (Å²) in [6, 6.07) is 10.7. The molecule has 0 aliphatic carbocycles. The van der Waals surface area contributed by atoms with E-state index in [1.165, 1.54) is 6.20 Å². The van der Waals surface area contributed by atoms with E-state index in [1.54, 1.807) is 33.1 Å². The topological polar surface area (TPSA) is 106 Å². The average Bonchev–Trinajstić information content (AvgIpc) is 2.96. The fourth-order valence-corrected chi connectivity index (χ4v) is 3.85. The van der Waals surface area contributed by atoms with Gasteiger partial charge in [0, 0.05) is 0 Å². The van der Waals surface area contributed by atoms with Gasteiger partial charge < -0.3 is 14.6 Å². The van der Waals surface area contributed by atoms with Crippen molar-refractivity contribution in [1.82, 2.24) is 10.1 Å². The van der Waals surface area contributed by atoms with Crippen LogP contribution in [0.15, 0.2) is 52.0 Å². The third kappa shape index (κ3) is 3.62. The molecule has 9 heteroatoms. The van der Waals surface area contributed by atoms with Gasteiger partial charge in [0.2, 0.25) is 0 Å². The van der Waals surface area contributed by atoms with Crippen LogP contribution in [0, 0.1) is 13.8 Å². The molecule has 0 aliphatic rings. The van der Waals surface area contributed by atoms with Gasteiger partial charge >= 0.3 is 0 Å². The van der Waals surface area contributed by atoms with Crippen LogP contribution in [0.25, 0.3) is 0 Å². The largest absolute Gasteiger partial charge is 0.495 e. The molecule has 26 heavy (non-hydrogen) atoms. The Hall–Kier alpha value is -3.07.